The molecule has 0 bridgehead atoms. The normalized spacial score (nSPS) is 20.0. The van der Waals surface area contributed by atoms with E-state index in [9.17, 15) is 4.79 Å². The topological polar surface area (TPSA) is 92.6 Å². The Morgan fingerprint density at radius 3 is 2.90 bits per heavy atom. The van der Waals surface area contributed by atoms with Crippen LogP contribution in [0, 0.1) is 5.92 Å². The average Bonchev–Trinajstić information content (AvgIpc) is 3.32. The van der Waals surface area contributed by atoms with Gasteiger partial charge in [-0.05, 0) is 43.5 Å². The zero-order valence-electron chi connectivity index (χ0n) is 17.4. The molecule has 1 fully saturated rings. The first kappa shape index (κ1) is 18.9. The second-order valence-electron chi connectivity index (χ2n) is 8.49. The van der Waals surface area contributed by atoms with E-state index in [0.717, 1.165) is 36.5 Å². The molecule has 0 radical (unpaired) electrons. The van der Waals surface area contributed by atoms with Gasteiger partial charge in [-0.2, -0.15) is 5.10 Å². The summed E-state index contributed by atoms with van der Waals surface area (Å²) < 4.78 is 1.82. The van der Waals surface area contributed by atoms with Crippen LogP contribution in [-0.4, -0.2) is 47.7 Å². The Morgan fingerprint density at radius 1 is 1.20 bits per heavy atom. The predicted octanol–water partition coefficient (Wildman–Crippen LogP) is 2.88. The van der Waals surface area contributed by atoms with Crippen molar-refractivity contribution in [2.45, 2.75) is 39.3 Å². The van der Waals surface area contributed by atoms with Gasteiger partial charge in [-0.1, -0.05) is 6.92 Å². The first-order chi connectivity index (χ1) is 14.5. The molecule has 8 heteroatoms. The molecule has 1 aliphatic heterocycles. The van der Waals surface area contributed by atoms with Crippen LogP contribution in [0.15, 0.2) is 41.6 Å². The van der Waals surface area contributed by atoms with Crippen molar-refractivity contribution in [3.8, 4) is 0 Å². The van der Waals surface area contributed by atoms with E-state index in [1.165, 1.54) is 5.56 Å². The Hall–Kier alpha value is -3.13. The highest BCUT2D eigenvalue weighted by atomic mass is 16.1. The third kappa shape index (κ3) is 3.17. The summed E-state index contributed by atoms with van der Waals surface area (Å²) in [6, 6.07) is 6.09. The summed E-state index contributed by atoms with van der Waals surface area (Å²) in [7, 11) is 0. The molecule has 0 unspecified atom stereocenters. The molecule has 2 atom stereocenters. The fraction of sp³-hybridized carbons (Fsp3) is 0.409. The zero-order valence-corrected chi connectivity index (χ0v) is 17.4. The summed E-state index contributed by atoms with van der Waals surface area (Å²) in [5.41, 5.74) is 3.58. The summed E-state index contributed by atoms with van der Waals surface area (Å²) in [6.07, 6.45) is 5.26. The van der Waals surface area contributed by atoms with E-state index in [4.69, 9.17) is 4.98 Å². The van der Waals surface area contributed by atoms with Crippen molar-refractivity contribution in [3.63, 3.8) is 0 Å². The number of rotatable bonds is 4. The summed E-state index contributed by atoms with van der Waals surface area (Å²) in [5.74, 6) is 1.29. The monoisotopic (exact) mass is 403 g/mol. The number of likely N-dealkylation sites (tertiary alicyclic amines) is 1. The van der Waals surface area contributed by atoms with Crippen LogP contribution < -0.4 is 5.56 Å². The van der Waals surface area contributed by atoms with Crippen LogP contribution in [0.2, 0.25) is 0 Å². The van der Waals surface area contributed by atoms with E-state index in [1.807, 2.05) is 49.1 Å². The zero-order chi connectivity index (χ0) is 20.8. The van der Waals surface area contributed by atoms with Crippen LogP contribution in [0.4, 0.5) is 0 Å². The lowest BCUT2D eigenvalue weighted by molar-refractivity contribution is 0.319. The first-order valence-electron chi connectivity index (χ1n) is 10.4. The Labute approximate surface area is 174 Å². The van der Waals surface area contributed by atoms with E-state index in [2.05, 4.69) is 31.9 Å². The standard InChI is InChI=1S/C22H25N7O/c1-13(2)29-21-16(9-25-29)22(30)27-20(26-21)17-12-28(10-14(17)3)11-15-6-8-23-18-5-4-7-24-19(15)18/h4-9,13-14,17H,10-12H2,1-3H3,(H,26,27,30)/t14-,17-/m1/s1. The van der Waals surface area contributed by atoms with Crippen LogP contribution in [0.5, 0.6) is 0 Å². The first-order valence-corrected chi connectivity index (χ1v) is 10.4. The minimum Gasteiger partial charge on any atom is -0.310 e. The van der Waals surface area contributed by atoms with Gasteiger partial charge >= 0.3 is 0 Å². The van der Waals surface area contributed by atoms with Crippen molar-refractivity contribution in [3.05, 3.63) is 58.5 Å². The van der Waals surface area contributed by atoms with E-state index < -0.39 is 0 Å². The van der Waals surface area contributed by atoms with E-state index >= 15 is 0 Å². The Morgan fingerprint density at radius 2 is 2.07 bits per heavy atom. The molecular weight excluding hydrogens is 378 g/mol. The van der Waals surface area contributed by atoms with Crippen LogP contribution in [0.3, 0.4) is 0 Å². The molecule has 5 rings (SSSR count). The molecule has 1 saturated heterocycles. The Kier molecular flexibility index (Phi) is 4.58. The van der Waals surface area contributed by atoms with Gasteiger partial charge < -0.3 is 4.98 Å². The van der Waals surface area contributed by atoms with E-state index in [-0.39, 0.29) is 17.5 Å². The molecule has 0 amide bonds. The fourth-order valence-electron chi connectivity index (χ4n) is 4.46. The number of aromatic amines is 1. The van der Waals surface area contributed by atoms with Gasteiger partial charge in [-0.25, -0.2) is 9.67 Å². The van der Waals surface area contributed by atoms with Crippen LogP contribution in [0.1, 0.15) is 44.1 Å². The lowest BCUT2D eigenvalue weighted by Gasteiger charge is -2.17. The molecule has 1 aliphatic rings. The third-order valence-electron chi connectivity index (χ3n) is 5.98. The molecule has 1 N–H and O–H groups in total. The quantitative estimate of drug-likeness (QED) is 0.563. The van der Waals surface area contributed by atoms with E-state index in [1.54, 1.807) is 6.20 Å². The maximum atomic E-state index is 12.6. The van der Waals surface area contributed by atoms with Gasteiger partial charge in [-0.15, -0.1) is 0 Å². The molecule has 0 spiro atoms. The number of aromatic nitrogens is 6. The minimum absolute atomic E-state index is 0.114. The summed E-state index contributed by atoms with van der Waals surface area (Å²) in [5, 5.41) is 4.90. The van der Waals surface area contributed by atoms with Crippen molar-refractivity contribution in [1.29, 1.82) is 0 Å². The number of hydrogen-bond acceptors (Lipinski definition) is 6. The van der Waals surface area contributed by atoms with Crippen LogP contribution in [0.25, 0.3) is 22.1 Å². The molecule has 4 aromatic heterocycles. The highest BCUT2D eigenvalue weighted by molar-refractivity contribution is 5.77. The third-order valence-corrected chi connectivity index (χ3v) is 5.98. The molecule has 154 valence electrons. The van der Waals surface area contributed by atoms with Crippen molar-refractivity contribution >= 4 is 22.1 Å². The van der Waals surface area contributed by atoms with Gasteiger partial charge in [-0.3, -0.25) is 19.7 Å². The van der Waals surface area contributed by atoms with Gasteiger partial charge in [0.05, 0.1) is 17.2 Å². The van der Waals surface area contributed by atoms with Gasteiger partial charge in [0.2, 0.25) is 0 Å². The Bertz CT molecular complexity index is 1270. The van der Waals surface area contributed by atoms with Crippen molar-refractivity contribution in [2.24, 2.45) is 5.92 Å². The van der Waals surface area contributed by atoms with Gasteiger partial charge in [0.15, 0.2) is 5.65 Å². The fourth-order valence-corrected chi connectivity index (χ4v) is 4.46. The Balaban J connectivity index is 1.44. The molecule has 8 nitrogen and oxygen atoms in total. The van der Waals surface area contributed by atoms with Crippen molar-refractivity contribution < 1.29 is 0 Å². The number of nitrogens with one attached hydrogen (secondary N) is 1. The predicted molar refractivity (Wildman–Crippen MR) is 115 cm³/mol. The summed E-state index contributed by atoms with van der Waals surface area (Å²) >= 11 is 0. The number of fused-ring (bicyclic) bond motifs is 2. The number of pyridine rings is 2. The number of nitrogens with zero attached hydrogens (tertiary/aromatic N) is 6. The molecule has 5 heterocycles. The van der Waals surface area contributed by atoms with Gasteiger partial charge in [0, 0.05) is 44.0 Å². The van der Waals surface area contributed by atoms with Gasteiger partial charge in [0.25, 0.3) is 5.56 Å². The molecule has 4 aromatic rings. The smallest absolute Gasteiger partial charge is 0.262 e. The highest BCUT2D eigenvalue weighted by Crippen LogP contribution is 2.32. The maximum absolute atomic E-state index is 12.6. The second kappa shape index (κ2) is 7.28. The van der Waals surface area contributed by atoms with E-state index in [0.29, 0.717) is 17.0 Å². The SMILES string of the molecule is CC(C)n1ncc2c(=O)[nH]c([C@@H]3CN(Cc4ccnc5cccnc45)C[C@H]3C)nc21. The lowest BCUT2D eigenvalue weighted by atomic mass is 9.97. The largest absolute Gasteiger partial charge is 0.310 e. The molecule has 0 saturated carbocycles. The molecule has 0 aromatic carbocycles. The molecule has 0 aliphatic carbocycles. The summed E-state index contributed by atoms with van der Waals surface area (Å²) in [6.45, 7) is 8.88. The highest BCUT2D eigenvalue weighted by Gasteiger charge is 2.33. The average molecular weight is 403 g/mol. The molecular formula is C22H25N7O. The van der Waals surface area contributed by atoms with Crippen LogP contribution in [-0.2, 0) is 6.54 Å². The van der Waals surface area contributed by atoms with Crippen molar-refractivity contribution in [2.75, 3.05) is 13.1 Å². The number of hydrogen-bond donors (Lipinski definition) is 1. The van der Waals surface area contributed by atoms with Crippen molar-refractivity contribution in [1.82, 2.24) is 34.6 Å². The second-order valence-corrected chi connectivity index (χ2v) is 8.49. The van der Waals surface area contributed by atoms with Gasteiger partial charge in [0.1, 0.15) is 11.2 Å². The molecule has 30 heavy (non-hydrogen) atoms. The lowest BCUT2D eigenvalue weighted by Crippen LogP contribution is -2.22. The summed E-state index contributed by atoms with van der Waals surface area (Å²) in [4.78, 5) is 31.8. The maximum Gasteiger partial charge on any atom is 0.262 e. The van der Waals surface area contributed by atoms with Crippen LogP contribution >= 0.6 is 0 Å². The number of H-pyrrole nitrogens is 1. The minimum atomic E-state index is -0.114.